The minimum absolute atomic E-state index is 0.00824. The van der Waals surface area contributed by atoms with Gasteiger partial charge in [-0.05, 0) is 35.9 Å². The summed E-state index contributed by atoms with van der Waals surface area (Å²) in [6, 6.07) is 8.81. The van der Waals surface area contributed by atoms with E-state index in [1.807, 2.05) is 6.07 Å². The number of hydrogen-bond donors (Lipinski definition) is 3. The molecule has 0 aromatic heterocycles. The fraction of sp³-hybridized carbons (Fsp3) is 0.167. The molecular weight excluding hydrogens is 457 g/mol. The number of rotatable bonds is 8. The molecule has 0 aliphatic carbocycles. The number of benzene rings is 2. The van der Waals surface area contributed by atoms with E-state index in [0.29, 0.717) is 5.56 Å². The molecule has 0 unspecified atom stereocenters. The molecule has 9 nitrogen and oxygen atoms in total. The summed E-state index contributed by atoms with van der Waals surface area (Å²) in [6.07, 6.45) is 0.982. The summed E-state index contributed by atoms with van der Waals surface area (Å²) >= 11 is 12.3. The van der Waals surface area contributed by atoms with Gasteiger partial charge in [-0.2, -0.15) is 5.26 Å². The Labute approximate surface area is 182 Å². The highest BCUT2D eigenvalue weighted by Gasteiger charge is 2.15. The van der Waals surface area contributed by atoms with Crippen molar-refractivity contribution in [3.8, 4) is 11.8 Å². The third-order valence-corrected chi connectivity index (χ3v) is 4.64. The molecule has 158 valence electrons. The molecule has 2 aromatic rings. The highest BCUT2D eigenvalue weighted by Crippen LogP contribution is 2.35. The Hall–Kier alpha value is -3.00. The number of carboxylic acid groups (broad SMARTS) is 1. The number of carbonyl (C=O) groups excluding carboxylic acids is 1. The third-order valence-electron chi connectivity index (χ3n) is 3.47. The normalized spacial score (nSPS) is 10.7. The molecule has 0 heterocycles. The number of anilines is 1. The first-order valence-corrected chi connectivity index (χ1v) is 10.8. The van der Waals surface area contributed by atoms with Crippen LogP contribution >= 0.6 is 23.2 Å². The number of carbonyl (C=O) groups is 2. The predicted octanol–water partition coefficient (Wildman–Crippen LogP) is 2.63. The van der Waals surface area contributed by atoms with E-state index in [9.17, 15) is 18.0 Å². The highest BCUT2D eigenvalue weighted by atomic mass is 35.5. The maximum absolute atomic E-state index is 11.9. The van der Waals surface area contributed by atoms with Crippen molar-refractivity contribution in [1.29, 1.82) is 5.26 Å². The van der Waals surface area contributed by atoms with Crippen molar-refractivity contribution < 1.29 is 27.9 Å². The molecule has 0 bridgehead atoms. The fourth-order valence-electron chi connectivity index (χ4n) is 2.36. The Morgan fingerprint density at radius 3 is 2.33 bits per heavy atom. The maximum atomic E-state index is 11.9. The number of amides is 1. The van der Waals surface area contributed by atoms with Gasteiger partial charge in [0.05, 0.1) is 33.6 Å². The molecule has 30 heavy (non-hydrogen) atoms. The molecule has 0 aliphatic rings. The van der Waals surface area contributed by atoms with Crippen molar-refractivity contribution in [2.24, 2.45) is 0 Å². The van der Waals surface area contributed by atoms with Gasteiger partial charge in [-0.25, -0.2) is 8.42 Å². The lowest BCUT2D eigenvalue weighted by molar-refractivity contribution is -0.135. The Morgan fingerprint density at radius 1 is 1.17 bits per heavy atom. The lowest BCUT2D eigenvalue weighted by atomic mass is 10.1. The smallest absolute Gasteiger partial charge is 0.322 e. The second-order valence-corrected chi connectivity index (χ2v) is 8.60. The van der Waals surface area contributed by atoms with E-state index in [4.69, 9.17) is 38.3 Å². The van der Waals surface area contributed by atoms with E-state index >= 15 is 0 Å². The average molecular weight is 472 g/mol. The summed E-state index contributed by atoms with van der Waals surface area (Å²) in [7, 11) is -3.54. The number of hydrogen-bond acceptors (Lipinski definition) is 6. The van der Waals surface area contributed by atoms with Crippen LogP contribution in [-0.2, 0) is 21.4 Å². The average Bonchev–Trinajstić information content (AvgIpc) is 2.63. The third kappa shape index (κ3) is 6.81. The number of sulfonamides is 1. The van der Waals surface area contributed by atoms with E-state index in [2.05, 4.69) is 10.0 Å². The van der Waals surface area contributed by atoms with Gasteiger partial charge < -0.3 is 15.2 Å². The van der Waals surface area contributed by atoms with Crippen LogP contribution in [0.3, 0.4) is 0 Å². The van der Waals surface area contributed by atoms with Crippen molar-refractivity contribution in [1.82, 2.24) is 5.32 Å². The maximum Gasteiger partial charge on any atom is 0.322 e. The van der Waals surface area contributed by atoms with Crippen LogP contribution < -0.4 is 14.8 Å². The van der Waals surface area contributed by atoms with Gasteiger partial charge in [0.25, 0.3) is 5.91 Å². The zero-order valence-electron chi connectivity index (χ0n) is 15.4. The van der Waals surface area contributed by atoms with Gasteiger partial charge in [0.1, 0.15) is 13.2 Å². The van der Waals surface area contributed by atoms with Gasteiger partial charge in [0.15, 0.2) is 5.75 Å². The molecule has 0 fully saturated rings. The Morgan fingerprint density at radius 2 is 1.80 bits per heavy atom. The van der Waals surface area contributed by atoms with Crippen LogP contribution in [0.15, 0.2) is 30.3 Å². The van der Waals surface area contributed by atoms with Crippen LogP contribution in [0.1, 0.15) is 21.5 Å². The molecule has 0 atom stereocenters. The summed E-state index contributed by atoms with van der Waals surface area (Å²) in [5.74, 6) is -1.82. The molecule has 0 radical (unpaired) electrons. The minimum Gasteiger partial charge on any atom is -0.486 e. The zero-order valence-corrected chi connectivity index (χ0v) is 17.7. The monoisotopic (exact) mass is 471 g/mol. The lowest BCUT2D eigenvalue weighted by Gasteiger charge is -2.13. The van der Waals surface area contributed by atoms with Crippen molar-refractivity contribution >= 4 is 50.8 Å². The topological polar surface area (TPSA) is 146 Å². The predicted molar refractivity (Wildman–Crippen MR) is 110 cm³/mol. The van der Waals surface area contributed by atoms with Gasteiger partial charge in [-0.1, -0.05) is 23.2 Å². The molecule has 2 aromatic carbocycles. The standard InChI is InChI=1S/C18H15Cl2N3O6S/c1-30(27,28)23-13-3-10(7-21)2-11(4-13)9-29-17-14(19)5-12(6-15(17)20)18(26)22-8-16(24)25/h2-6,23H,8-9H2,1H3,(H,22,26)(H,24,25). The van der Waals surface area contributed by atoms with E-state index in [1.54, 1.807) is 0 Å². The SMILES string of the molecule is CS(=O)(=O)Nc1cc(C#N)cc(COc2c(Cl)cc(C(=O)NCC(=O)O)cc2Cl)c1. The first-order valence-electron chi connectivity index (χ1n) is 8.12. The second kappa shape index (κ2) is 9.67. The van der Waals surface area contributed by atoms with E-state index in [-0.39, 0.29) is 39.2 Å². The molecule has 0 saturated carbocycles. The van der Waals surface area contributed by atoms with Crippen LogP contribution in [0.25, 0.3) is 0 Å². The number of aliphatic carboxylic acids is 1. The number of halogens is 2. The van der Waals surface area contributed by atoms with Crippen molar-refractivity contribution in [2.45, 2.75) is 6.61 Å². The van der Waals surface area contributed by atoms with Crippen molar-refractivity contribution in [3.05, 3.63) is 57.1 Å². The Bertz CT molecular complexity index is 1120. The second-order valence-electron chi connectivity index (χ2n) is 6.04. The number of ether oxygens (including phenoxy) is 1. The molecule has 12 heteroatoms. The number of nitrogens with zero attached hydrogens (tertiary/aromatic N) is 1. The molecule has 1 amide bonds. The van der Waals surface area contributed by atoms with Crippen molar-refractivity contribution in [3.63, 3.8) is 0 Å². The van der Waals surface area contributed by atoms with Crippen LogP contribution in [0.4, 0.5) is 5.69 Å². The minimum atomic E-state index is -3.54. The van der Waals surface area contributed by atoms with E-state index in [1.165, 1.54) is 30.3 Å². The summed E-state index contributed by atoms with van der Waals surface area (Å²) in [6.45, 7) is -0.663. The molecule has 2 rings (SSSR count). The summed E-state index contributed by atoms with van der Waals surface area (Å²) in [5.41, 5.74) is 0.919. The zero-order chi connectivity index (χ0) is 22.5. The summed E-state index contributed by atoms with van der Waals surface area (Å²) in [4.78, 5) is 22.5. The first-order chi connectivity index (χ1) is 14.0. The van der Waals surface area contributed by atoms with Crippen LogP contribution in [0, 0.1) is 11.3 Å². The Balaban J connectivity index is 2.21. The van der Waals surface area contributed by atoms with Gasteiger partial charge in [-0.15, -0.1) is 0 Å². The molecular formula is C18H15Cl2N3O6S. The van der Waals surface area contributed by atoms with Crippen LogP contribution in [0.2, 0.25) is 10.0 Å². The number of nitriles is 1. The molecule has 3 N–H and O–H groups in total. The Kier molecular flexibility index (Phi) is 7.50. The summed E-state index contributed by atoms with van der Waals surface area (Å²) < 4.78 is 30.7. The molecule has 0 saturated heterocycles. The van der Waals surface area contributed by atoms with Gasteiger partial charge in [0, 0.05) is 5.56 Å². The largest absolute Gasteiger partial charge is 0.486 e. The quantitative estimate of drug-likeness (QED) is 0.535. The highest BCUT2D eigenvalue weighted by molar-refractivity contribution is 7.92. The van der Waals surface area contributed by atoms with Gasteiger partial charge in [0.2, 0.25) is 10.0 Å². The molecule has 0 aliphatic heterocycles. The lowest BCUT2D eigenvalue weighted by Crippen LogP contribution is -2.29. The van der Waals surface area contributed by atoms with Crippen LogP contribution in [-0.4, -0.2) is 38.2 Å². The van der Waals surface area contributed by atoms with Gasteiger partial charge >= 0.3 is 5.97 Å². The van der Waals surface area contributed by atoms with Gasteiger partial charge in [-0.3, -0.25) is 14.3 Å². The number of nitrogens with one attached hydrogen (secondary N) is 2. The fourth-order valence-corrected chi connectivity index (χ4v) is 3.50. The number of carboxylic acids is 1. The first kappa shape index (κ1) is 23.3. The van der Waals surface area contributed by atoms with Crippen molar-refractivity contribution in [2.75, 3.05) is 17.5 Å². The van der Waals surface area contributed by atoms with Crippen LogP contribution in [0.5, 0.6) is 5.75 Å². The summed E-state index contributed by atoms with van der Waals surface area (Å²) in [5, 5.41) is 20.0. The van der Waals surface area contributed by atoms with E-state index in [0.717, 1.165) is 6.26 Å². The van der Waals surface area contributed by atoms with E-state index < -0.39 is 28.4 Å². The molecule has 0 spiro atoms.